The average molecular weight is 397 g/mol. The van der Waals surface area contributed by atoms with E-state index >= 15 is 0 Å². The van der Waals surface area contributed by atoms with Crippen molar-refractivity contribution in [1.82, 2.24) is 14.6 Å². The zero-order valence-electron chi connectivity index (χ0n) is 13.4. The summed E-state index contributed by atoms with van der Waals surface area (Å²) in [5.41, 5.74) is 2.15. The van der Waals surface area contributed by atoms with Crippen LogP contribution in [0.2, 0.25) is 10.0 Å². The molecular formula is C16H14Cl2N4O2S. The first-order chi connectivity index (χ1) is 12.0. The monoisotopic (exact) mass is 396 g/mol. The molecule has 0 spiro atoms. The predicted molar refractivity (Wildman–Crippen MR) is 100 cm³/mol. The van der Waals surface area contributed by atoms with E-state index in [0.29, 0.717) is 32.3 Å². The number of anilines is 1. The van der Waals surface area contributed by atoms with E-state index in [-0.39, 0.29) is 11.7 Å². The lowest BCUT2D eigenvalue weighted by Gasteiger charge is -2.10. The number of carbonyl (C=O) groups excluding carboxylic acids is 1. The fourth-order valence-electron chi connectivity index (χ4n) is 2.24. The SMILES string of the molecule is COc1ccc(C)cc1NC(=O)CSc1nnc2c(Cl)cc(Cl)cn12. The third-order valence-electron chi connectivity index (χ3n) is 3.36. The fraction of sp³-hybridized carbons (Fsp3) is 0.188. The minimum absolute atomic E-state index is 0.155. The number of hydrogen-bond acceptors (Lipinski definition) is 5. The maximum Gasteiger partial charge on any atom is 0.234 e. The summed E-state index contributed by atoms with van der Waals surface area (Å²) in [6, 6.07) is 7.18. The number of nitrogens with zero attached hydrogens (tertiary/aromatic N) is 3. The average Bonchev–Trinajstić information content (AvgIpc) is 2.96. The Morgan fingerprint density at radius 3 is 2.88 bits per heavy atom. The number of methoxy groups -OCH3 is 1. The van der Waals surface area contributed by atoms with Crippen molar-refractivity contribution in [2.24, 2.45) is 0 Å². The number of carbonyl (C=O) groups is 1. The standard InChI is InChI=1S/C16H14Cl2N4O2S/c1-9-3-4-13(24-2)12(5-9)19-14(23)8-25-16-21-20-15-11(18)6-10(17)7-22(15)16/h3-7H,8H2,1-2H3,(H,19,23). The molecule has 0 saturated carbocycles. The second kappa shape index (κ2) is 7.51. The first-order valence-corrected chi connectivity index (χ1v) is 8.99. The van der Waals surface area contributed by atoms with Crippen molar-refractivity contribution in [1.29, 1.82) is 0 Å². The van der Waals surface area contributed by atoms with Gasteiger partial charge in [0.05, 0.1) is 28.6 Å². The highest BCUT2D eigenvalue weighted by molar-refractivity contribution is 7.99. The predicted octanol–water partition coefficient (Wildman–Crippen LogP) is 4.08. The van der Waals surface area contributed by atoms with E-state index in [9.17, 15) is 4.79 Å². The van der Waals surface area contributed by atoms with Crippen molar-refractivity contribution in [2.45, 2.75) is 12.1 Å². The molecule has 2 heterocycles. The van der Waals surface area contributed by atoms with Crippen LogP contribution in [0.3, 0.4) is 0 Å². The molecule has 25 heavy (non-hydrogen) atoms. The highest BCUT2D eigenvalue weighted by atomic mass is 35.5. The van der Waals surface area contributed by atoms with Gasteiger partial charge >= 0.3 is 0 Å². The molecule has 0 atom stereocenters. The first kappa shape index (κ1) is 17.8. The van der Waals surface area contributed by atoms with Crippen molar-refractivity contribution in [3.63, 3.8) is 0 Å². The lowest BCUT2D eigenvalue weighted by Crippen LogP contribution is -2.15. The number of pyridine rings is 1. The molecule has 0 fully saturated rings. The molecule has 6 nitrogen and oxygen atoms in total. The summed E-state index contributed by atoms with van der Waals surface area (Å²) in [5, 5.41) is 12.3. The zero-order valence-corrected chi connectivity index (χ0v) is 15.7. The molecule has 130 valence electrons. The second-order valence-electron chi connectivity index (χ2n) is 5.22. The van der Waals surface area contributed by atoms with E-state index in [2.05, 4.69) is 15.5 Å². The molecule has 2 aromatic heterocycles. The Labute approximate surface area is 158 Å². The number of amides is 1. The van der Waals surface area contributed by atoms with Gasteiger partial charge in [0.1, 0.15) is 5.75 Å². The van der Waals surface area contributed by atoms with Gasteiger partial charge in [-0.15, -0.1) is 10.2 Å². The van der Waals surface area contributed by atoms with Gasteiger partial charge in [-0.3, -0.25) is 9.20 Å². The Morgan fingerprint density at radius 2 is 2.12 bits per heavy atom. The van der Waals surface area contributed by atoms with Crippen LogP contribution in [0.25, 0.3) is 5.65 Å². The molecule has 0 aliphatic carbocycles. The highest BCUT2D eigenvalue weighted by Crippen LogP contribution is 2.27. The van der Waals surface area contributed by atoms with Crippen LogP contribution in [0.1, 0.15) is 5.56 Å². The number of benzene rings is 1. The minimum Gasteiger partial charge on any atom is -0.495 e. The van der Waals surface area contributed by atoms with Crippen LogP contribution in [0, 0.1) is 6.92 Å². The van der Waals surface area contributed by atoms with E-state index in [0.717, 1.165) is 5.56 Å². The van der Waals surface area contributed by atoms with Gasteiger partial charge in [-0.25, -0.2) is 0 Å². The fourth-order valence-corrected chi connectivity index (χ4v) is 3.45. The molecule has 3 aromatic rings. The van der Waals surface area contributed by atoms with Gasteiger partial charge in [0.15, 0.2) is 10.8 Å². The largest absolute Gasteiger partial charge is 0.495 e. The number of aromatic nitrogens is 3. The molecule has 1 N–H and O–H groups in total. The molecule has 0 radical (unpaired) electrons. The Hall–Kier alpha value is -1.96. The van der Waals surface area contributed by atoms with Crippen molar-refractivity contribution in [3.8, 4) is 5.75 Å². The van der Waals surface area contributed by atoms with Crippen LogP contribution in [0.4, 0.5) is 5.69 Å². The molecule has 1 amide bonds. The number of aryl methyl sites for hydroxylation is 1. The third kappa shape index (κ3) is 4.00. The first-order valence-electron chi connectivity index (χ1n) is 7.25. The van der Waals surface area contributed by atoms with Gasteiger partial charge in [-0.2, -0.15) is 0 Å². The molecule has 0 aliphatic rings. The number of fused-ring (bicyclic) bond motifs is 1. The van der Waals surface area contributed by atoms with Crippen molar-refractivity contribution < 1.29 is 9.53 Å². The van der Waals surface area contributed by atoms with Gasteiger partial charge in [-0.05, 0) is 30.7 Å². The second-order valence-corrected chi connectivity index (χ2v) is 7.01. The smallest absolute Gasteiger partial charge is 0.234 e. The van der Waals surface area contributed by atoms with Gasteiger partial charge < -0.3 is 10.1 Å². The maximum absolute atomic E-state index is 12.3. The Morgan fingerprint density at radius 1 is 1.32 bits per heavy atom. The quantitative estimate of drug-likeness (QED) is 0.657. The van der Waals surface area contributed by atoms with Gasteiger partial charge in [-0.1, -0.05) is 41.0 Å². The molecule has 0 bridgehead atoms. The number of nitrogens with one attached hydrogen (secondary N) is 1. The van der Waals surface area contributed by atoms with Gasteiger partial charge in [0, 0.05) is 6.20 Å². The zero-order chi connectivity index (χ0) is 18.0. The lowest BCUT2D eigenvalue weighted by atomic mass is 10.2. The molecule has 1 aromatic carbocycles. The van der Waals surface area contributed by atoms with Crippen molar-refractivity contribution in [2.75, 3.05) is 18.2 Å². The summed E-state index contributed by atoms with van der Waals surface area (Å²) in [6.07, 6.45) is 1.66. The van der Waals surface area contributed by atoms with Crippen LogP contribution in [0.5, 0.6) is 5.75 Å². The van der Waals surface area contributed by atoms with E-state index in [1.165, 1.54) is 11.8 Å². The molecule has 0 aliphatic heterocycles. The molecular weight excluding hydrogens is 383 g/mol. The number of halogens is 2. The molecule has 0 saturated heterocycles. The molecule has 9 heteroatoms. The van der Waals surface area contributed by atoms with Crippen LogP contribution >= 0.6 is 35.0 Å². The molecule has 0 unspecified atom stereocenters. The van der Waals surface area contributed by atoms with Crippen molar-refractivity contribution in [3.05, 3.63) is 46.1 Å². The Kier molecular flexibility index (Phi) is 5.36. The lowest BCUT2D eigenvalue weighted by molar-refractivity contribution is -0.113. The number of rotatable bonds is 5. The Bertz CT molecular complexity index is 945. The van der Waals surface area contributed by atoms with E-state index in [1.54, 1.807) is 23.8 Å². The highest BCUT2D eigenvalue weighted by Gasteiger charge is 2.13. The number of hydrogen-bond donors (Lipinski definition) is 1. The normalized spacial score (nSPS) is 10.9. The summed E-state index contributed by atoms with van der Waals surface area (Å²) in [5.74, 6) is 0.580. The van der Waals surface area contributed by atoms with Crippen LogP contribution in [0.15, 0.2) is 35.6 Å². The maximum atomic E-state index is 12.3. The van der Waals surface area contributed by atoms with E-state index < -0.39 is 0 Å². The van der Waals surface area contributed by atoms with Crippen molar-refractivity contribution >= 4 is 52.2 Å². The minimum atomic E-state index is -0.182. The summed E-state index contributed by atoms with van der Waals surface area (Å²) < 4.78 is 6.92. The summed E-state index contributed by atoms with van der Waals surface area (Å²) in [6.45, 7) is 1.94. The van der Waals surface area contributed by atoms with Gasteiger partial charge in [0.2, 0.25) is 5.91 Å². The summed E-state index contributed by atoms with van der Waals surface area (Å²) in [4.78, 5) is 12.3. The Balaban J connectivity index is 1.72. The number of ether oxygens (including phenoxy) is 1. The topological polar surface area (TPSA) is 68.5 Å². The third-order valence-corrected chi connectivity index (χ3v) is 4.78. The summed E-state index contributed by atoms with van der Waals surface area (Å²) >= 11 is 13.3. The van der Waals surface area contributed by atoms with Crippen LogP contribution < -0.4 is 10.1 Å². The summed E-state index contributed by atoms with van der Waals surface area (Å²) in [7, 11) is 1.56. The van der Waals surface area contributed by atoms with E-state index in [4.69, 9.17) is 27.9 Å². The van der Waals surface area contributed by atoms with E-state index in [1.807, 2.05) is 25.1 Å². The van der Waals surface area contributed by atoms with Crippen LogP contribution in [-0.4, -0.2) is 33.4 Å². The van der Waals surface area contributed by atoms with Crippen LogP contribution in [-0.2, 0) is 4.79 Å². The van der Waals surface area contributed by atoms with Gasteiger partial charge in [0.25, 0.3) is 0 Å². The molecule has 3 rings (SSSR count). The number of thioether (sulfide) groups is 1.